The fourth-order valence-electron chi connectivity index (χ4n) is 3.04. The SMILES string of the molecule is O=C1CC(c2ccc(Oc3ccc(Cl)cc3)cc2)c2ccc(O)cc2O1. The first kappa shape index (κ1) is 16.5. The lowest BCUT2D eigenvalue weighted by Crippen LogP contribution is -2.20. The standard InChI is InChI=1S/C21H15ClO4/c22-14-3-8-17(9-4-14)25-16-6-1-13(2-7-16)19-12-21(24)26-20-11-15(23)5-10-18(19)20/h1-11,19,23H,12H2. The summed E-state index contributed by atoms with van der Waals surface area (Å²) in [4.78, 5) is 11.9. The Morgan fingerprint density at radius 3 is 2.31 bits per heavy atom. The minimum atomic E-state index is -0.311. The number of fused-ring (bicyclic) bond motifs is 1. The summed E-state index contributed by atoms with van der Waals surface area (Å²) >= 11 is 5.88. The van der Waals surface area contributed by atoms with Crippen LogP contribution in [-0.4, -0.2) is 11.1 Å². The van der Waals surface area contributed by atoms with Gasteiger partial charge in [-0.3, -0.25) is 4.79 Å². The first-order valence-electron chi connectivity index (χ1n) is 8.15. The molecule has 1 heterocycles. The van der Waals surface area contributed by atoms with Crippen LogP contribution in [0, 0.1) is 0 Å². The summed E-state index contributed by atoms with van der Waals surface area (Å²) in [5.41, 5.74) is 1.87. The van der Waals surface area contributed by atoms with Crippen LogP contribution in [0.3, 0.4) is 0 Å². The maximum Gasteiger partial charge on any atom is 0.312 e. The molecule has 0 saturated heterocycles. The number of aromatic hydroxyl groups is 1. The number of carbonyl (C=O) groups excluding carboxylic acids is 1. The highest BCUT2D eigenvalue weighted by atomic mass is 35.5. The van der Waals surface area contributed by atoms with Gasteiger partial charge < -0.3 is 14.6 Å². The third kappa shape index (κ3) is 3.37. The van der Waals surface area contributed by atoms with Gasteiger partial charge in [-0.2, -0.15) is 0 Å². The lowest BCUT2D eigenvalue weighted by Gasteiger charge is -2.25. The fourth-order valence-corrected chi connectivity index (χ4v) is 3.17. The van der Waals surface area contributed by atoms with Crippen LogP contribution in [0.2, 0.25) is 5.02 Å². The largest absolute Gasteiger partial charge is 0.508 e. The van der Waals surface area contributed by atoms with E-state index in [2.05, 4.69) is 0 Å². The van der Waals surface area contributed by atoms with Gasteiger partial charge in [0.1, 0.15) is 23.0 Å². The van der Waals surface area contributed by atoms with Crippen LogP contribution in [0.15, 0.2) is 66.7 Å². The molecule has 0 amide bonds. The topological polar surface area (TPSA) is 55.8 Å². The molecule has 0 bridgehead atoms. The van der Waals surface area contributed by atoms with Crippen LogP contribution in [0.1, 0.15) is 23.5 Å². The first-order valence-corrected chi connectivity index (χ1v) is 8.53. The van der Waals surface area contributed by atoms with Gasteiger partial charge >= 0.3 is 5.97 Å². The minimum absolute atomic E-state index is 0.0731. The van der Waals surface area contributed by atoms with Crippen LogP contribution >= 0.6 is 11.6 Å². The second kappa shape index (κ2) is 6.73. The molecule has 0 radical (unpaired) electrons. The zero-order valence-electron chi connectivity index (χ0n) is 13.7. The zero-order chi connectivity index (χ0) is 18.1. The van der Waals surface area contributed by atoms with Crippen LogP contribution in [-0.2, 0) is 4.79 Å². The summed E-state index contributed by atoms with van der Waals surface area (Å²) in [6.07, 6.45) is 0.259. The first-order chi connectivity index (χ1) is 12.6. The third-order valence-electron chi connectivity index (χ3n) is 4.30. The van der Waals surface area contributed by atoms with E-state index in [0.717, 1.165) is 11.1 Å². The predicted molar refractivity (Wildman–Crippen MR) is 98.2 cm³/mol. The third-order valence-corrected chi connectivity index (χ3v) is 4.55. The maximum absolute atomic E-state index is 11.9. The van der Waals surface area contributed by atoms with Crippen molar-refractivity contribution in [2.75, 3.05) is 0 Å². The summed E-state index contributed by atoms with van der Waals surface area (Å²) in [5.74, 6) is 1.45. The van der Waals surface area contributed by atoms with Crippen LogP contribution < -0.4 is 9.47 Å². The summed E-state index contributed by atoms with van der Waals surface area (Å²) in [6.45, 7) is 0. The highest BCUT2D eigenvalue weighted by Gasteiger charge is 2.28. The van der Waals surface area contributed by atoms with Crippen molar-refractivity contribution in [3.8, 4) is 23.0 Å². The average Bonchev–Trinajstić information content (AvgIpc) is 2.63. The molecule has 4 rings (SSSR count). The van der Waals surface area contributed by atoms with Crippen LogP contribution in [0.25, 0.3) is 0 Å². The summed E-state index contributed by atoms with van der Waals surface area (Å²) < 4.78 is 11.0. The Hall–Kier alpha value is -2.98. The van der Waals surface area contributed by atoms with Crippen molar-refractivity contribution < 1.29 is 19.4 Å². The van der Waals surface area contributed by atoms with E-state index in [0.29, 0.717) is 22.3 Å². The number of rotatable bonds is 3. The molecule has 1 atom stereocenters. The van der Waals surface area contributed by atoms with E-state index in [1.165, 1.54) is 6.07 Å². The molecule has 0 spiro atoms. The van der Waals surface area contributed by atoms with Crippen molar-refractivity contribution in [1.29, 1.82) is 0 Å². The molecular formula is C21H15ClO4. The van der Waals surface area contributed by atoms with Crippen LogP contribution in [0.5, 0.6) is 23.0 Å². The van der Waals surface area contributed by atoms with Crippen molar-refractivity contribution in [3.05, 3.63) is 82.9 Å². The Balaban J connectivity index is 1.59. The minimum Gasteiger partial charge on any atom is -0.508 e. The number of carbonyl (C=O) groups is 1. The van der Waals surface area contributed by atoms with Crippen molar-refractivity contribution in [2.24, 2.45) is 0 Å². The monoisotopic (exact) mass is 366 g/mol. The van der Waals surface area contributed by atoms with Gasteiger partial charge in [0, 0.05) is 22.6 Å². The molecule has 0 saturated carbocycles. The fraction of sp³-hybridized carbons (Fsp3) is 0.0952. The zero-order valence-corrected chi connectivity index (χ0v) is 14.4. The second-order valence-corrected chi connectivity index (χ2v) is 6.51. The highest BCUT2D eigenvalue weighted by Crippen LogP contribution is 2.40. The molecule has 0 fully saturated rings. The molecule has 26 heavy (non-hydrogen) atoms. The molecule has 4 nitrogen and oxygen atoms in total. The van der Waals surface area contributed by atoms with Gasteiger partial charge in [0.25, 0.3) is 0 Å². The van der Waals surface area contributed by atoms with E-state index in [9.17, 15) is 9.90 Å². The van der Waals surface area contributed by atoms with Gasteiger partial charge in [-0.05, 0) is 48.0 Å². The number of ether oxygens (including phenoxy) is 2. The molecule has 0 aromatic heterocycles. The van der Waals surface area contributed by atoms with E-state index >= 15 is 0 Å². The smallest absolute Gasteiger partial charge is 0.312 e. The molecule has 130 valence electrons. The number of halogens is 1. The van der Waals surface area contributed by atoms with Gasteiger partial charge in [-0.25, -0.2) is 0 Å². The van der Waals surface area contributed by atoms with E-state index in [1.54, 1.807) is 36.4 Å². The van der Waals surface area contributed by atoms with Gasteiger partial charge in [0.05, 0.1) is 6.42 Å². The van der Waals surface area contributed by atoms with Crippen molar-refractivity contribution in [1.82, 2.24) is 0 Å². The van der Waals surface area contributed by atoms with Gasteiger partial charge in [-0.15, -0.1) is 0 Å². The number of phenols is 1. The maximum atomic E-state index is 11.9. The Bertz CT molecular complexity index is 949. The summed E-state index contributed by atoms with van der Waals surface area (Å²) in [6, 6.07) is 19.6. The molecule has 1 aliphatic rings. The molecule has 0 aliphatic carbocycles. The Kier molecular flexibility index (Phi) is 4.27. The number of hydrogen-bond donors (Lipinski definition) is 1. The molecular weight excluding hydrogens is 352 g/mol. The number of benzene rings is 3. The van der Waals surface area contributed by atoms with Crippen LogP contribution in [0.4, 0.5) is 0 Å². The Labute approximate surface area is 155 Å². The molecule has 3 aromatic carbocycles. The normalized spacial score (nSPS) is 15.9. The van der Waals surface area contributed by atoms with Crippen molar-refractivity contribution in [3.63, 3.8) is 0 Å². The Morgan fingerprint density at radius 1 is 0.962 bits per heavy atom. The van der Waals surface area contributed by atoms with Crippen molar-refractivity contribution >= 4 is 17.6 Å². The van der Waals surface area contributed by atoms with E-state index in [4.69, 9.17) is 21.1 Å². The summed E-state index contributed by atoms with van der Waals surface area (Å²) in [7, 11) is 0. The molecule has 1 unspecified atom stereocenters. The average molecular weight is 367 g/mol. The number of hydrogen-bond acceptors (Lipinski definition) is 4. The van der Waals surface area contributed by atoms with E-state index in [-0.39, 0.29) is 24.1 Å². The number of esters is 1. The molecule has 5 heteroatoms. The quantitative estimate of drug-likeness (QED) is 0.506. The second-order valence-electron chi connectivity index (χ2n) is 6.08. The van der Waals surface area contributed by atoms with Crippen molar-refractivity contribution in [2.45, 2.75) is 12.3 Å². The lowest BCUT2D eigenvalue weighted by atomic mass is 9.86. The van der Waals surface area contributed by atoms with Gasteiger partial charge in [-0.1, -0.05) is 29.8 Å². The molecule has 1 N–H and O–H groups in total. The lowest BCUT2D eigenvalue weighted by molar-refractivity contribution is -0.135. The van der Waals surface area contributed by atoms with E-state index in [1.807, 2.05) is 24.3 Å². The van der Waals surface area contributed by atoms with E-state index < -0.39 is 0 Å². The molecule has 1 aliphatic heterocycles. The predicted octanol–water partition coefficient (Wildman–Crippen LogP) is 5.28. The molecule has 3 aromatic rings. The van der Waals surface area contributed by atoms with Gasteiger partial charge in [0.15, 0.2) is 0 Å². The highest BCUT2D eigenvalue weighted by molar-refractivity contribution is 6.30. The summed E-state index contributed by atoms with van der Waals surface area (Å²) in [5, 5.41) is 10.3. The Morgan fingerprint density at radius 2 is 1.62 bits per heavy atom. The van der Waals surface area contributed by atoms with Gasteiger partial charge in [0.2, 0.25) is 0 Å². The number of phenolic OH excluding ortho intramolecular Hbond substituents is 1.